The fourth-order valence-corrected chi connectivity index (χ4v) is 4.01. The molecule has 0 saturated heterocycles. The van der Waals surface area contributed by atoms with E-state index in [1.54, 1.807) is 6.33 Å². The van der Waals surface area contributed by atoms with Gasteiger partial charge in [0.05, 0.1) is 3.57 Å². The molecule has 0 radical (unpaired) electrons. The molecule has 1 saturated carbocycles. The number of hydrogen-bond donors (Lipinski definition) is 0. The Labute approximate surface area is 109 Å². The molecule has 0 amide bonds. The molecule has 15 heavy (non-hydrogen) atoms. The van der Waals surface area contributed by atoms with Crippen LogP contribution in [0.2, 0.25) is 0 Å². The molecule has 1 heterocycles. The Bertz CT molecular complexity index is 332. The molecule has 0 aromatic carbocycles. The zero-order valence-electron chi connectivity index (χ0n) is 8.82. The molecule has 82 valence electrons. The zero-order chi connectivity index (χ0) is 10.7. The van der Waals surface area contributed by atoms with Crippen LogP contribution in [0.4, 0.5) is 0 Å². The summed E-state index contributed by atoms with van der Waals surface area (Å²) in [6, 6.07) is 0. The highest BCUT2D eigenvalue weighted by atomic mass is 127. The molecule has 2 rings (SSSR count). The maximum Gasteiger partial charge on any atom is 0.116 e. The van der Waals surface area contributed by atoms with E-state index in [0.29, 0.717) is 0 Å². The lowest BCUT2D eigenvalue weighted by molar-refractivity contribution is 0.394. The van der Waals surface area contributed by atoms with Gasteiger partial charge in [0.15, 0.2) is 0 Å². The van der Waals surface area contributed by atoms with E-state index in [0.717, 1.165) is 16.2 Å². The topological polar surface area (TPSA) is 25.8 Å². The summed E-state index contributed by atoms with van der Waals surface area (Å²) in [5.74, 6) is 0.885. The lowest BCUT2D eigenvalue weighted by atomic mass is 9.91. The second kappa shape index (κ2) is 5.48. The van der Waals surface area contributed by atoms with Crippen molar-refractivity contribution in [3.63, 3.8) is 0 Å². The molecule has 0 aliphatic heterocycles. The molecule has 0 bridgehead atoms. The second-order valence-corrected chi connectivity index (χ2v) is 6.64. The Hall–Kier alpha value is 0.160. The van der Waals surface area contributed by atoms with Gasteiger partial charge in [0, 0.05) is 11.4 Å². The van der Waals surface area contributed by atoms with E-state index in [2.05, 4.69) is 39.5 Å². The predicted molar refractivity (Wildman–Crippen MR) is 72.0 cm³/mol. The molecule has 2 nitrogen and oxygen atoms in total. The molecule has 2 atom stereocenters. The van der Waals surface area contributed by atoms with Gasteiger partial charge in [-0.05, 0) is 41.4 Å². The van der Waals surface area contributed by atoms with Gasteiger partial charge in [-0.1, -0.05) is 19.8 Å². The molecule has 0 spiro atoms. The average molecular weight is 334 g/mol. The first-order valence-electron chi connectivity index (χ1n) is 5.38. The van der Waals surface area contributed by atoms with Crippen LogP contribution in [-0.4, -0.2) is 15.2 Å². The SMILES string of the molecule is CC1CCCC(Sc2ncncc2I)C1. The maximum atomic E-state index is 4.34. The zero-order valence-corrected chi connectivity index (χ0v) is 11.8. The minimum atomic E-state index is 0.761. The van der Waals surface area contributed by atoms with Gasteiger partial charge in [0.1, 0.15) is 11.4 Å². The van der Waals surface area contributed by atoms with E-state index in [1.165, 1.54) is 29.3 Å². The fraction of sp³-hybridized carbons (Fsp3) is 0.636. The van der Waals surface area contributed by atoms with E-state index >= 15 is 0 Å². The molecule has 1 aliphatic carbocycles. The molecule has 1 aliphatic rings. The van der Waals surface area contributed by atoms with E-state index in [1.807, 2.05) is 18.0 Å². The van der Waals surface area contributed by atoms with Gasteiger partial charge in [-0.3, -0.25) is 0 Å². The lowest BCUT2D eigenvalue weighted by Gasteiger charge is -2.25. The number of thioether (sulfide) groups is 1. The van der Waals surface area contributed by atoms with Crippen molar-refractivity contribution in [2.75, 3.05) is 0 Å². The minimum absolute atomic E-state index is 0.761. The summed E-state index contributed by atoms with van der Waals surface area (Å²) in [6.07, 6.45) is 9.00. The van der Waals surface area contributed by atoms with Crippen LogP contribution in [0.25, 0.3) is 0 Å². The highest BCUT2D eigenvalue weighted by molar-refractivity contribution is 14.1. The summed E-state index contributed by atoms with van der Waals surface area (Å²) in [4.78, 5) is 8.36. The Kier molecular flexibility index (Phi) is 4.25. The van der Waals surface area contributed by atoms with Gasteiger partial charge in [-0.25, -0.2) is 9.97 Å². The third-order valence-corrected chi connectivity index (χ3v) is 5.27. The number of halogens is 1. The summed E-state index contributed by atoms with van der Waals surface area (Å²) < 4.78 is 1.18. The first kappa shape index (κ1) is 11.6. The molecule has 1 aromatic heterocycles. The van der Waals surface area contributed by atoms with Crippen LogP contribution >= 0.6 is 34.4 Å². The van der Waals surface area contributed by atoms with Crippen LogP contribution in [0.1, 0.15) is 32.6 Å². The molecule has 1 aromatic rings. The van der Waals surface area contributed by atoms with Crippen molar-refractivity contribution < 1.29 is 0 Å². The summed E-state index contributed by atoms with van der Waals surface area (Å²) in [5, 5.41) is 1.92. The van der Waals surface area contributed by atoms with Gasteiger partial charge in [0.2, 0.25) is 0 Å². The van der Waals surface area contributed by atoms with Crippen LogP contribution in [0.3, 0.4) is 0 Å². The Morgan fingerprint density at radius 3 is 3.07 bits per heavy atom. The van der Waals surface area contributed by atoms with E-state index < -0.39 is 0 Å². The lowest BCUT2D eigenvalue weighted by Crippen LogP contribution is -2.15. The molecular formula is C11H15IN2S. The molecular weight excluding hydrogens is 319 g/mol. The first-order chi connectivity index (χ1) is 7.25. The van der Waals surface area contributed by atoms with Gasteiger partial charge < -0.3 is 0 Å². The average Bonchev–Trinajstić information content (AvgIpc) is 2.22. The number of nitrogens with zero attached hydrogens (tertiary/aromatic N) is 2. The fourth-order valence-electron chi connectivity index (χ4n) is 2.03. The Balaban J connectivity index is 1.99. The summed E-state index contributed by atoms with van der Waals surface area (Å²) in [7, 11) is 0. The number of hydrogen-bond acceptors (Lipinski definition) is 3. The second-order valence-electron chi connectivity index (χ2n) is 4.19. The van der Waals surface area contributed by atoms with Gasteiger partial charge in [-0.15, -0.1) is 11.8 Å². The van der Waals surface area contributed by atoms with Crippen molar-refractivity contribution in [1.29, 1.82) is 0 Å². The quantitative estimate of drug-likeness (QED) is 0.608. The van der Waals surface area contributed by atoms with Crippen LogP contribution in [-0.2, 0) is 0 Å². The van der Waals surface area contributed by atoms with Crippen LogP contribution < -0.4 is 0 Å². The molecule has 4 heteroatoms. The highest BCUT2D eigenvalue weighted by Gasteiger charge is 2.20. The Morgan fingerprint density at radius 2 is 2.33 bits per heavy atom. The van der Waals surface area contributed by atoms with Crippen LogP contribution in [0.5, 0.6) is 0 Å². The maximum absolute atomic E-state index is 4.34. The smallest absolute Gasteiger partial charge is 0.116 e. The van der Waals surface area contributed by atoms with E-state index in [-0.39, 0.29) is 0 Å². The molecule has 0 N–H and O–H groups in total. The highest BCUT2D eigenvalue weighted by Crippen LogP contribution is 2.36. The van der Waals surface area contributed by atoms with Crippen LogP contribution in [0.15, 0.2) is 17.6 Å². The number of aromatic nitrogens is 2. The third-order valence-electron chi connectivity index (χ3n) is 2.80. The van der Waals surface area contributed by atoms with Crippen molar-refractivity contribution >= 4 is 34.4 Å². The third kappa shape index (κ3) is 3.31. The van der Waals surface area contributed by atoms with Crippen molar-refractivity contribution in [1.82, 2.24) is 9.97 Å². The number of rotatable bonds is 2. The van der Waals surface area contributed by atoms with Crippen molar-refractivity contribution in [3.05, 3.63) is 16.1 Å². The molecule has 2 unspecified atom stereocenters. The minimum Gasteiger partial charge on any atom is -0.244 e. The van der Waals surface area contributed by atoms with Crippen LogP contribution in [0, 0.1) is 9.49 Å². The van der Waals surface area contributed by atoms with Crippen molar-refractivity contribution in [3.8, 4) is 0 Å². The predicted octanol–water partition coefficient (Wildman–Crippen LogP) is 3.75. The molecule has 1 fully saturated rings. The summed E-state index contributed by atoms with van der Waals surface area (Å²) >= 11 is 4.25. The first-order valence-corrected chi connectivity index (χ1v) is 7.33. The van der Waals surface area contributed by atoms with E-state index in [4.69, 9.17) is 0 Å². The monoisotopic (exact) mass is 334 g/mol. The standard InChI is InChI=1S/C11H15IN2S/c1-8-3-2-4-9(5-8)15-11-10(12)6-13-7-14-11/h6-9H,2-5H2,1H3. The largest absolute Gasteiger partial charge is 0.244 e. The van der Waals surface area contributed by atoms with E-state index in [9.17, 15) is 0 Å². The summed E-state index contributed by atoms with van der Waals surface area (Å²) in [5.41, 5.74) is 0. The normalized spacial score (nSPS) is 26.5. The summed E-state index contributed by atoms with van der Waals surface area (Å²) in [6.45, 7) is 2.36. The van der Waals surface area contributed by atoms with Crippen molar-refractivity contribution in [2.45, 2.75) is 42.9 Å². The van der Waals surface area contributed by atoms with Gasteiger partial charge in [-0.2, -0.15) is 0 Å². The van der Waals surface area contributed by atoms with Gasteiger partial charge in [0.25, 0.3) is 0 Å². The Morgan fingerprint density at radius 1 is 1.47 bits per heavy atom. The van der Waals surface area contributed by atoms with Crippen molar-refractivity contribution in [2.24, 2.45) is 5.92 Å². The van der Waals surface area contributed by atoms with Gasteiger partial charge >= 0.3 is 0 Å².